The molecule has 0 aromatic rings. The van der Waals surface area contributed by atoms with E-state index in [4.69, 9.17) is 10.8 Å². The molecule has 0 saturated heterocycles. The van der Waals surface area contributed by atoms with Crippen molar-refractivity contribution >= 4 is 5.97 Å². The van der Waals surface area contributed by atoms with Crippen molar-refractivity contribution in [3.8, 4) is 0 Å². The number of carbonyl (C=O) groups is 1. The van der Waals surface area contributed by atoms with Crippen LogP contribution in [0.4, 0.5) is 0 Å². The van der Waals surface area contributed by atoms with Gasteiger partial charge in [0.15, 0.2) is 0 Å². The highest BCUT2D eigenvalue weighted by molar-refractivity contribution is 5.67. The summed E-state index contributed by atoms with van der Waals surface area (Å²) < 4.78 is 0. The smallest absolute Gasteiger partial charge is 0.303 e. The van der Waals surface area contributed by atoms with Gasteiger partial charge in [-0.05, 0) is 24.8 Å². The van der Waals surface area contributed by atoms with E-state index in [0.717, 1.165) is 6.42 Å². The summed E-state index contributed by atoms with van der Waals surface area (Å²) in [6.07, 6.45) is 1.11. The zero-order chi connectivity index (χ0) is 10.9. The van der Waals surface area contributed by atoms with Gasteiger partial charge in [0.2, 0.25) is 0 Å². The van der Waals surface area contributed by atoms with Gasteiger partial charge in [-0.2, -0.15) is 0 Å². The summed E-state index contributed by atoms with van der Waals surface area (Å²) in [5.41, 5.74) is 5.41. The molecule has 0 radical (unpaired) electrons. The Kier molecular flexibility index (Phi) is 10.9. The van der Waals surface area contributed by atoms with Crippen molar-refractivity contribution in [1.82, 2.24) is 0 Å². The summed E-state index contributed by atoms with van der Waals surface area (Å²) in [6.45, 7) is 8.62. The Morgan fingerprint density at radius 3 is 2.08 bits per heavy atom. The Labute approximate surface area is 81.3 Å². The first kappa shape index (κ1) is 14.9. The minimum Gasteiger partial charge on any atom is -0.481 e. The lowest BCUT2D eigenvalue weighted by Gasteiger charge is -2.13. The fraction of sp³-hybridized carbons (Fsp3) is 0.900. The first-order valence-electron chi connectivity index (χ1n) is 4.98. The third-order valence-corrected chi connectivity index (χ3v) is 1.60. The number of hydrogen-bond donors (Lipinski definition) is 2. The third kappa shape index (κ3) is 11.4. The van der Waals surface area contributed by atoms with Crippen LogP contribution in [0.1, 0.15) is 40.5 Å². The number of aliphatic carboxylic acids is 1. The van der Waals surface area contributed by atoms with E-state index in [9.17, 15) is 4.79 Å². The molecule has 0 amide bonds. The van der Waals surface area contributed by atoms with Crippen molar-refractivity contribution in [1.29, 1.82) is 0 Å². The molecular weight excluding hydrogens is 166 g/mol. The van der Waals surface area contributed by atoms with Crippen molar-refractivity contribution < 1.29 is 9.90 Å². The second kappa shape index (κ2) is 9.52. The molecule has 0 bridgehead atoms. The van der Waals surface area contributed by atoms with Gasteiger partial charge in [-0.25, -0.2) is 0 Å². The van der Waals surface area contributed by atoms with E-state index >= 15 is 0 Å². The van der Waals surface area contributed by atoms with Crippen molar-refractivity contribution in [3.63, 3.8) is 0 Å². The topological polar surface area (TPSA) is 63.3 Å². The van der Waals surface area contributed by atoms with Crippen LogP contribution in [0.2, 0.25) is 0 Å². The Bertz CT molecular complexity index is 124. The lowest BCUT2D eigenvalue weighted by Crippen LogP contribution is -2.19. The summed E-state index contributed by atoms with van der Waals surface area (Å²) in [5.74, 6) is -0.0727. The quantitative estimate of drug-likeness (QED) is 0.696. The summed E-state index contributed by atoms with van der Waals surface area (Å²) in [7, 11) is 0. The predicted octanol–water partition coefficient (Wildman–Crippen LogP) is 2.11. The normalized spacial score (nSPS) is 11.8. The van der Waals surface area contributed by atoms with Gasteiger partial charge in [-0.3, -0.25) is 4.79 Å². The first-order chi connectivity index (χ1) is 6.06. The van der Waals surface area contributed by atoms with Crippen molar-refractivity contribution in [2.24, 2.45) is 17.6 Å². The molecule has 3 heteroatoms. The van der Waals surface area contributed by atoms with Crippen LogP contribution in [0.25, 0.3) is 0 Å². The van der Waals surface area contributed by atoms with E-state index in [1.54, 1.807) is 0 Å². The summed E-state index contributed by atoms with van der Waals surface area (Å²) in [5, 5.41) is 8.47. The first-order valence-corrected chi connectivity index (χ1v) is 4.98. The molecule has 0 aromatic carbocycles. The molecule has 0 aliphatic carbocycles. The van der Waals surface area contributed by atoms with E-state index in [1.807, 2.05) is 13.8 Å². The maximum absolute atomic E-state index is 10.3. The summed E-state index contributed by atoms with van der Waals surface area (Å²) in [6, 6.07) is 0. The molecule has 1 unspecified atom stereocenters. The lowest BCUT2D eigenvalue weighted by atomic mass is 9.94. The molecule has 0 aliphatic heterocycles. The SMILES string of the molecule is CC.CC(C)CC(CN)CC(=O)O. The standard InChI is InChI=1S/C8H17NO2.C2H6/c1-6(2)3-7(5-9)4-8(10)11;1-2/h6-7H,3-5,9H2,1-2H3,(H,10,11);1-2H3. The van der Waals surface area contributed by atoms with Gasteiger partial charge in [-0.15, -0.1) is 0 Å². The molecule has 0 rings (SSSR count). The van der Waals surface area contributed by atoms with E-state index in [-0.39, 0.29) is 12.3 Å². The van der Waals surface area contributed by atoms with E-state index in [2.05, 4.69) is 13.8 Å². The highest BCUT2D eigenvalue weighted by Crippen LogP contribution is 2.13. The molecule has 80 valence electrons. The minimum atomic E-state index is -0.749. The molecule has 1 atom stereocenters. The van der Waals surface area contributed by atoms with Crippen LogP contribution in [0, 0.1) is 11.8 Å². The van der Waals surface area contributed by atoms with Crippen molar-refractivity contribution in [2.75, 3.05) is 6.54 Å². The van der Waals surface area contributed by atoms with Gasteiger partial charge in [0.25, 0.3) is 0 Å². The highest BCUT2D eigenvalue weighted by Gasteiger charge is 2.12. The fourth-order valence-electron chi connectivity index (χ4n) is 1.18. The second-order valence-electron chi connectivity index (χ2n) is 3.33. The van der Waals surface area contributed by atoms with Crippen LogP contribution in [0.3, 0.4) is 0 Å². The molecule has 0 fully saturated rings. The van der Waals surface area contributed by atoms with Gasteiger partial charge < -0.3 is 10.8 Å². The largest absolute Gasteiger partial charge is 0.481 e. The van der Waals surface area contributed by atoms with Crippen LogP contribution in [0.5, 0.6) is 0 Å². The van der Waals surface area contributed by atoms with E-state index in [0.29, 0.717) is 12.5 Å². The zero-order valence-corrected chi connectivity index (χ0v) is 9.21. The third-order valence-electron chi connectivity index (χ3n) is 1.60. The monoisotopic (exact) mass is 189 g/mol. The lowest BCUT2D eigenvalue weighted by molar-refractivity contribution is -0.138. The van der Waals surface area contributed by atoms with Gasteiger partial charge in [0.05, 0.1) is 0 Å². The molecule has 0 aromatic heterocycles. The van der Waals surface area contributed by atoms with Crippen LogP contribution in [-0.2, 0) is 4.79 Å². The van der Waals surface area contributed by atoms with Crippen LogP contribution in [0.15, 0.2) is 0 Å². The second-order valence-corrected chi connectivity index (χ2v) is 3.33. The van der Waals surface area contributed by atoms with Crippen LogP contribution >= 0.6 is 0 Å². The Morgan fingerprint density at radius 1 is 1.38 bits per heavy atom. The van der Waals surface area contributed by atoms with Crippen molar-refractivity contribution in [2.45, 2.75) is 40.5 Å². The fourth-order valence-corrected chi connectivity index (χ4v) is 1.18. The number of hydrogen-bond acceptors (Lipinski definition) is 2. The van der Waals surface area contributed by atoms with E-state index < -0.39 is 5.97 Å². The Morgan fingerprint density at radius 2 is 1.85 bits per heavy atom. The molecule has 13 heavy (non-hydrogen) atoms. The average Bonchev–Trinajstić information content (AvgIpc) is 2.05. The molecule has 3 nitrogen and oxygen atoms in total. The van der Waals surface area contributed by atoms with Gasteiger partial charge >= 0.3 is 5.97 Å². The van der Waals surface area contributed by atoms with E-state index in [1.165, 1.54) is 0 Å². The average molecular weight is 189 g/mol. The number of nitrogens with two attached hydrogens (primary N) is 1. The Hall–Kier alpha value is -0.570. The summed E-state index contributed by atoms with van der Waals surface area (Å²) >= 11 is 0. The molecular formula is C10H23NO2. The van der Waals surface area contributed by atoms with Crippen LogP contribution in [-0.4, -0.2) is 17.6 Å². The molecule has 0 heterocycles. The van der Waals surface area contributed by atoms with Crippen molar-refractivity contribution in [3.05, 3.63) is 0 Å². The van der Waals surface area contributed by atoms with Gasteiger partial charge in [0, 0.05) is 6.42 Å². The molecule has 0 spiro atoms. The Balaban J connectivity index is 0. The number of carboxylic acid groups (broad SMARTS) is 1. The van der Waals surface area contributed by atoms with Gasteiger partial charge in [0.1, 0.15) is 0 Å². The maximum Gasteiger partial charge on any atom is 0.303 e. The van der Waals surface area contributed by atoms with Gasteiger partial charge in [-0.1, -0.05) is 27.7 Å². The number of carboxylic acids is 1. The summed E-state index contributed by atoms with van der Waals surface area (Å²) in [4.78, 5) is 10.3. The number of rotatable bonds is 5. The van der Waals surface area contributed by atoms with Crippen LogP contribution < -0.4 is 5.73 Å². The predicted molar refractivity (Wildman–Crippen MR) is 55.6 cm³/mol. The zero-order valence-electron chi connectivity index (χ0n) is 9.21. The molecule has 0 saturated carbocycles. The molecule has 0 aliphatic rings. The maximum atomic E-state index is 10.3. The molecule has 3 N–H and O–H groups in total. The highest BCUT2D eigenvalue weighted by atomic mass is 16.4. The minimum absolute atomic E-state index is 0.146.